The van der Waals surface area contributed by atoms with E-state index in [1.807, 2.05) is 13.0 Å². The summed E-state index contributed by atoms with van der Waals surface area (Å²) < 4.78 is 9.63. The number of carbonyl (C=O) groups is 3. The number of rotatable bonds is 10. The van der Waals surface area contributed by atoms with Crippen LogP contribution < -0.4 is 16.1 Å². The lowest BCUT2D eigenvalue weighted by Crippen LogP contribution is -2.49. The highest BCUT2D eigenvalue weighted by Crippen LogP contribution is 2.20. The third-order valence-electron chi connectivity index (χ3n) is 4.40. The maximum absolute atomic E-state index is 12.3. The molecule has 10 nitrogen and oxygen atoms in total. The summed E-state index contributed by atoms with van der Waals surface area (Å²) in [5.41, 5.74) is 4.81. The molecule has 2 amide bonds. The molecule has 10 heteroatoms. The minimum atomic E-state index is -1.07. The quantitative estimate of drug-likeness (QED) is 0.374. The predicted octanol–water partition coefficient (Wildman–Crippen LogP) is 1.38. The molecule has 0 fully saturated rings. The number of hydrogen-bond donors (Lipinski definition) is 3. The van der Waals surface area contributed by atoms with Crippen LogP contribution >= 0.6 is 0 Å². The number of nitrogens with zero attached hydrogens (tertiary/aromatic N) is 1. The van der Waals surface area contributed by atoms with E-state index in [0.717, 1.165) is 12.0 Å². The summed E-state index contributed by atoms with van der Waals surface area (Å²) in [5.74, 6) is -1.08. The fraction of sp³-hybridized carbons (Fsp3) is 0.429. The Kier molecular flexibility index (Phi) is 9.32. The molecule has 0 spiro atoms. The maximum Gasteiger partial charge on any atom is 0.407 e. The molecule has 1 aliphatic heterocycles. The number of ether oxygens (including phenoxy) is 2. The number of hydroxylamine groups is 1. The number of carbonyl (C=O) groups excluding carboxylic acids is 3. The number of unbranched alkanes of at least 4 members (excludes halogenated alkanes) is 1. The van der Waals surface area contributed by atoms with E-state index in [4.69, 9.17) is 14.8 Å². The van der Waals surface area contributed by atoms with Crippen molar-refractivity contribution in [2.24, 2.45) is 0 Å². The fourth-order valence-electron chi connectivity index (χ4n) is 2.67. The van der Waals surface area contributed by atoms with E-state index >= 15 is 0 Å². The number of amides is 2. The first kappa shape index (κ1) is 23.7. The normalized spacial score (nSPS) is 15.6. The molecule has 0 saturated carbocycles. The standard InChI is InChI=1S/C21H26N4O6/c1-3-4-9-30-21(28)24-18(20(27)29-2)13-23-19(26)11-16-10-17(25-31-16)15-7-5-14(12-22)6-8-15/h5-8,10,16,18,25H,3-4,9,11,13H2,1-2H3,(H,23,26)(H,24,28)/t16-,18?/m1/s1. The van der Waals surface area contributed by atoms with Gasteiger partial charge in [0.05, 0.1) is 37.5 Å². The zero-order valence-corrected chi connectivity index (χ0v) is 17.5. The molecule has 0 aliphatic carbocycles. The number of alkyl carbamates (subject to hydrolysis) is 1. The van der Waals surface area contributed by atoms with E-state index < -0.39 is 24.2 Å². The van der Waals surface area contributed by atoms with Crippen LogP contribution in [0.25, 0.3) is 5.70 Å². The van der Waals surface area contributed by atoms with Gasteiger partial charge in [-0.15, -0.1) is 0 Å². The van der Waals surface area contributed by atoms with Crippen molar-refractivity contribution in [1.29, 1.82) is 5.26 Å². The van der Waals surface area contributed by atoms with Gasteiger partial charge in [-0.25, -0.2) is 9.59 Å². The second-order valence-electron chi connectivity index (χ2n) is 6.75. The Bertz CT molecular complexity index is 846. The van der Waals surface area contributed by atoms with Gasteiger partial charge in [0.15, 0.2) is 0 Å². The van der Waals surface area contributed by atoms with Crippen LogP contribution in [0.2, 0.25) is 0 Å². The summed E-state index contributed by atoms with van der Waals surface area (Å²) in [6.07, 6.45) is 2.05. The molecule has 1 unspecified atom stereocenters. The van der Waals surface area contributed by atoms with E-state index in [1.54, 1.807) is 30.3 Å². The van der Waals surface area contributed by atoms with Gasteiger partial charge in [-0.2, -0.15) is 5.26 Å². The first-order valence-corrected chi connectivity index (χ1v) is 9.88. The van der Waals surface area contributed by atoms with Crippen LogP contribution in [0.5, 0.6) is 0 Å². The molecule has 1 aliphatic rings. The minimum Gasteiger partial charge on any atom is -0.467 e. The summed E-state index contributed by atoms with van der Waals surface area (Å²) in [7, 11) is 1.19. The second-order valence-corrected chi connectivity index (χ2v) is 6.75. The Morgan fingerprint density at radius 3 is 2.68 bits per heavy atom. The van der Waals surface area contributed by atoms with Crippen LogP contribution in [0.3, 0.4) is 0 Å². The van der Waals surface area contributed by atoms with Crippen LogP contribution in [0.1, 0.15) is 37.3 Å². The first-order chi connectivity index (χ1) is 15.0. The molecule has 31 heavy (non-hydrogen) atoms. The predicted molar refractivity (Wildman–Crippen MR) is 110 cm³/mol. The molecule has 2 atom stereocenters. The summed E-state index contributed by atoms with van der Waals surface area (Å²) in [6.45, 7) is 2.05. The van der Waals surface area contributed by atoms with Crippen LogP contribution in [-0.4, -0.2) is 50.4 Å². The Hall–Kier alpha value is -3.58. The number of nitrogens with one attached hydrogen (secondary N) is 3. The van der Waals surface area contributed by atoms with E-state index in [1.165, 1.54) is 7.11 Å². The SMILES string of the molecule is CCCCOC(=O)NC(CNC(=O)C[C@H]1C=C(c2ccc(C#N)cc2)NO1)C(=O)OC. The number of methoxy groups -OCH3 is 1. The Labute approximate surface area is 180 Å². The topological polar surface area (TPSA) is 139 Å². The molecule has 2 rings (SSSR count). The van der Waals surface area contributed by atoms with Gasteiger partial charge in [0.1, 0.15) is 12.1 Å². The zero-order valence-electron chi connectivity index (χ0n) is 17.5. The molecule has 0 bridgehead atoms. The third-order valence-corrected chi connectivity index (χ3v) is 4.40. The van der Waals surface area contributed by atoms with Crippen molar-refractivity contribution in [2.45, 2.75) is 38.3 Å². The molecule has 0 aromatic heterocycles. The van der Waals surface area contributed by atoms with Crippen LogP contribution in [0.15, 0.2) is 30.3 Å². The van der Waals surface area contributed by atoms with Gasteiger partial charge in [-0.3, -0.25) is 15.1 Å². The summed E-state index contributed by atoms with van der Waals surface area (Å²) >= 11 is 0. The smallest absolute Gasteiger partial charge is 0.407 e. The molecule has 166 valence electrons. The molecule has 0 radical (unpaired) electrons. The number of hydrogen-bond acceptors (Lipinski definition) is 8. The van der Waals surface area contributed by atoms with Crippen LogP contribution in [0, 0.1) is 11.3 Å². The van der Waals surface area contributed by atoms with Gasteiger partial charge in [0.25, 0.3) is 0 Å². The summed E-state index contributed by atoms with van der Waals surface area (Å²) in [6, 6.07) is 7.89. The van der Waals surface area contributed by atoms with Crippen molar-refractivity contribution in [3.63, 3.8) is 0 Å². The van der Waals surface area contributed by atoms with E-state index in [-0.39, 0.29) is 25.5 Å². The number of nitriles is 1. The summed E-state index contributed by atoms with van der Waals surface area (Å²) in [5, 5.41) is 13.8. The third kappa shape index (κ3) is 7.64. The van der Waals surface area contributed by atoms with Crippen LogP contribution in [-0.2, 0) is 23.9 Å². The van der Waals surface area contributed by atoms with Crippen molar-refractivity contribution in [2.75, 3.05) is 20.3 Å². The van der Waals surface area contributed by atoms with Gasteiger partial charge in [0, 0.05) is 6.54 Å². The van der Waals surface area contributed by atoms with Gasteiger partial charge < -0.3 is 20.1 Å². The molecular weight excluding hydrogens is 404 g/mol. The van der Waals surface area contributed by atoms with Gasteiger partial charge in [-0.1, -0.05) is 25.5 Å². The van der Waals surface area contributed by atoms with Crippen molar-refractivity contribution in [1.82, 2.24) is 16.1 Å². The molecule has 0 saturated heterocycles. The van der Waals surface area contributed by atoms with Crippen molar-refractivity contribution in [3.05, 3.63) is 41.5 Å². The highest BCUT2D eigenvalue weighted by Gasteiger charge is 2.25. The molecule has 3 N–H and O–H groups in total. The van der Waals surface area contributed by atoms with Crippen molar-refractivity contribution < 1.29 is 28.7 Å². The fourth-order valence-corrected chi connectivity index (χ4v) is 2.67. The van der Waals surface area contributed by atoms with Gasteiger partial charge >= 0.3 is 12.1 Å². The lowest BCUT2D eigenvalue weighted by Gasteiger charge is -2.17. The first-order valence-electron chi connectivity index (χ1n) is 9.88. The average molecular weight is 430 g/mol. The lowest BCUT2D eigenvalue weighted by molar-refractivity contribution is -0.143. The van der Waals surface area contributed by atoms with E-state index in [9.17, 15) is 14.4 Å². The van der Waals surface area contributed by atoms with Crippen molar-refractivity contribution in [3.8, 4) is 6.07 Å². The molecule has 1 aromatic rings. The number of benzene rings is 1. The van der Waals surface area contributed by atoms with Gasteiger partial charge in [0.2, 0.25) is 5.91 Å². The zero-order chi connectivity index (χ0) is 22.6. The highest BCUT2D eigenvalue weighted by molar-refractivity contribution is 5.83. The maximum atomic E-state index is 12.3. The molecule has 1 heterocycles. The van der Waals surface area contributed by atoms with Crippen molar-refractivity contribution >= 4 is 23.7 Å². The van der Waals surface area contributed by atoms with E-state index in [2.05, 4.69) is 20.9 Å². The van der Waals surface area contributed by atoms with Gasteiger partial charge in [-0.05, 0) is 30.2 Å². The summed E-state index contributed by atoms with van der Waals surface area (Å²) in [4.78, 5) is 41.3. The largest absolute Gasteiger partial charge is 0.467 e. The Morgan fingerprint density at radius 1 is 1.29 bits per heavy atom. The monoisotopic (exact) mass is 430 g/mol. The second kappa shape index (κ2) is 12.2. The minimum absolute atomic E-state index is 0.00161. The molecule has 1 aromatic carbocycles. The lowest BCUT2D eigenvalue weighted by atomic mass is 10.1. The molecular formula is C21H26N4O6. The highest BCUT2D eigenvalue weighted by atomic mass is 16.7. The number of esters is 1. The average Bonchev–Trinajstić information content (AvgIpc) is 3.24. The Balaban J connectivity index is 1.84. The van der Waals surface area contributed by atoms with Crippen LogP contribution in [0.4, 0.5) is 4.79 Å². The van der Waals surface area contributed by atoms with E-state index in [0.29, 0.717) is 17.7 Å². The Morgan fingerprint density at radius 2 is 2.03 bits per heavy atom.